The van der Waals surface area contributed by atoms with E-state index >= 15 is 0 Å². The molecule has 118 valence electrons. The zero-order valence-corrected chi connectivity index (χ0v) is 14.1. The fourth-order valence-electron chi connectivity index (χ4n) is 2.83. The highest BCUT2D eigenvalue weighted by Gasteiger charge is 2.13. The molecular formula is C21H22O2. The van der Waals surface area contributed by atoms with Crippen LogP contribution in [-0.4, -0.2) is 0 Å². The van der Waals surface area contributed by atoms with Crippen molar-refractivity contribution in [2.75, 3.05) is 0 Å². The normalized spacial score (nSPS) is 11.8. The van der Waals surface area contributed by atoms with Gasteiger partial charge in [0.15, 0.2) is 0 Å². The molecule has 2 aromatic carbocycles. The Morgan fingerprint density at radius 3 is 2.30 bits per heavy atom. The van der Waals surface area contributed by atoms with Gasteiger partial charge in [0.05, 0.1) is 0 Å². The summed E-state index contributed by atoms with van der Waals surface area (Å²) in [5, 5.41) is 1.02. The first-order valence-corrected chi connectivity index (χ1v) is 7.96. The van der Waals surface area contributed by atoms with Gasteiger partial charge in [-0.05, 0) is 47.6 Å². The summed E-state index contributed by atoms with van der Waals surface area (Å²) in [6.45, 7) is 8.68. The summed E-state index contributed by atoms with van der Waals surface area (Å²) in [5.41, 5.74) is 5.21. The summed E-state index contributed by atoms with van der Waals surface area (Å²) in [5.74, 6) is 0. The minimum atomic E-state index is -0.289. The van der Waals surface area contributed by atoms with Crippen molar-refractivity contribution >= 4 is 11.0 Å². The molecule has 0 N–H and O–H groups in total. The van der Waals surface area contributed by atoms with Crippen LogP contribution in [0.15, 0.2) is 57.7 Å². The molecule has 3 rings (SSSR count). The molecule has 0 aliphatic heterocycles. The van der Waals surface area contributed by atoms with E-state index in [1.165, 1.54) is 11.1 Å². The predicted octanol–water partition coefficient (Wildman–Crippen LogP) is 4.99. The van der Waals surface area contributed by atoms with Crippen molar-refractivity contribution in [3.05, 3.63) is 81.2 Å². The highest BCUT2D eigenvalue weighted by Crippen LogP contribution is 2.24. The SMILES string of the molecule is Cc1ccc2oc(=O)cc(Cc3ccc(C(C)(C)C)cc3)c2c1. The quantitative estimate of drug-likeness (QED) is 0.624. The molecule has 0 atom stereocenters. The summed E-state index contributed by atoms with van der Waals surface area (Å²) >= 11 is 0. The Labute approximate surface area is 136 Å². The van der Waals surface area contributed by atoms with Crippen LogP contribution in [-0.2, 0) is 11.8 Å². The van der Waals surface area contributed by atoms with Gasteiger partial charge in [0, 0.05) is 11.5 Å². The molecule has 0 aliphatic carbocycles. The molecule has 0 radical (unpaired) electrons. The monoisotopic (exact) mass is 306 g/mol. The van der Waals surface area contributed by atoms with E-state index in [1.807, 2.05) is 19.1 Å². The first kappa shape index (κ1) is 15.5. The van der Waals surface area contributed by atoms with Crippen molar-refractivity contribution in [3.8, 4) is 0 Å². The van der Waals surface area contributed by atoms with Gasteiger partial charge in [-0.25, -0.2) is 4.79 Å². The average Bonchev–Trinajstić information content (AvgIpc) is 2.47. The van der Waals surface area contributed by atoms with Gasteiger partial charge in [-0.1, -0.05) is 56.7 Å². The summed E-state index contributed by atoms with van der Waals surface area (Å²) in [7, 11) is 0. The fourth-order valence-corrected chi connectivity index (χ4v) is 2.83. The lowest BCUT2D eigenvalue weighted by Crippen LogP contribution is -2.10. The van der Waals surface area contributed by atoms with Crippen LogP contribution < -0.4 is 5.63 Å². The molecule has 1 aromatic heterocycles. The van der Waals surface area contributed by atoms with Crippen LogP contribution in [0.3, 0.4) is 0 Å². The second-order valence-electron chi connectivity index (χ2n) is 7.21. The molecule has 0 saturated heterocycles. The summed E-state index contributed by atoms with van der Waals surface area (Å²) in [4.78, 5) is 11.8. The van der Waals surface area contributed by atoms with Gasteiger partial charge in [-0.15, -0.1) is 0 Å². The number of fused-ring (bicyclic) bond motifs is 1. The molecular weight excluding hydrogens is 284 g/mol. The van der Waals surface area contributed by atoms with Crippen LogP contribution in [0.25, 0.3) is 11.0 Å². The molecule has 0 bridgehead atoms. The van der Waals surface area contributed by atoms with E-state index in [4.69, 9.17) is 4.42 Å². The van der Waals surface area contributed by atoms with Crippen LogP contribution in [0.4, 0.5) is 0 Å². The molecule has 2 nitrogen and oxygen atoms in total. The maximum atomic E-state index is 11.8. The van der Waals surface area contributed by atoms with E-state index in [-0.39, 0.29) is 11.0 Å². The van der Waals surface area contributed by atoms with E-state index in [0.717, 1.165) is 22.9 Å². The molecule has 0 fully saturated rings. The highest BCUT2D eigenvalue weighted by molar-refractivity contribution is 5.81. The van der Waals surface area contributed by atoms with Crippen molar-refractivity contribution in [1.82, 2.24) is 0 Å². The van der Waals surface area contributed by atoms with Gasteiger partial charge >= 0.3 is 5.63 Å². The Hall–Kier alpha value is -2.35. The lowest BCUT2D eigenvalue weighted by molar-refractivity contribution is 0.559. The van der Waals surface area contributed by atoms with Crippen molar-refractivity contribution in [2.24, 2.45) is 0 Å². The van der Waals surface area contributed by atoms with Crippen LogP contribution >= 0.6 is 0 Å². The lowest BCUT2D eigenvalue weighted by Gasteiger charge is -2.19. The van der Waals surface area contributed by atoms with Gasteiger partial charge in [0.25, 0.3) is 0 Å². The van der Waals surface area contributed by atoms with E-state index in [1.54, 1.807) is 6.07 Å². The third-order valence-corrected chi connectivity index (χ3v) is 4.20. The van der Waals surface area contributed by atoms with Gasteiger partial charge in [-0.2, -0.15) is 0 Å². The van der Waals surface area contributed by atoms with Crippen LogP contribution in [0.2, 0.25) is 0 Å². The molecule has 2 heteroatoms. The zero-order chi connectivity index (χ0) is 16.6. The van der Waals surface area contributed by atoms with Crippen LogP contribution in [0, 0.1) is 6.92 Å². The largest absolute Gasteiger partial charge is 0.423 e. The molecule has 0 amide bonds. The molecule has 1 heterocycles. The number of benzene rings is 2. The number of hydrogen-bond donors (Lipinski definition) is 0. The number of hydrogen-bond acceptors (Lipinski definition) is 2. The Morgan fingerprint density at radius 1 is 0.957 bits per heavy atom. The second-order valence-corrected chi connectivity index (χ2v) is 7.21. The van der Waals surface area contributed by atoms with Crippen LogP contribution in [0.1, 0.15) is 43.0 Å². The minimum absolute atomic E-state index is 0.149. The Morgan fingerprint density at radius 2 is 1.65 bits per heavy atom. The molecule has 23 heavy (non-hydrogen) atoms. The standard InChI is InChI=1S/C21H22O2/c1-14-5-10-19-18(11-14)16(13-20(22)23-19)12-15-6-8-17(9-7-15)21(2,3)4/h5-11,13H,12H2,1-4H3. The zero-order valence-electron chi connectivity index (χ0n) is 14.1. The maximum Gasteiger partial charge on any atom is 0.336 e. The predicted molar refractivity (Wildman–Crippen MR) is 95.2 cm³/mol. The highest BCUT2D eigenvalue weighted by atomic mass is 16.4. The lowest BCUT2D eigenvalue weighted by atomic mass is 9.86. The van der Waals surface area contributed by atoms with Crippen molar-refractivity contribution < 1.29 is 4.42 Å². The van der Waals surface area contributed by atoms with E-state index in [9.17, 15) is 4.79 Å². The third-order valence-electron chi connectivity index (χ3n) is 4.20. The van der Waals surface area contributed by atoms with E-state index in [2.05, 4.69) is 51.1 Å². The van der Waals surface area contributed by atoms with Crippen LogP contribution in [0.5, 0.6) is 0 Å². The Balaban J connectivity index is 2.01. The third kappa shape index (κ3) is 3.37. The number of rotatable bonds is 2. The Bertz CT molecular complexity index is 894. The first-order chi connectivity index (χ1) is 10.8. The molecule has 0 saturated carbocycles. The first-order valence-electron chi connectivity index (χ1n) is 7.96. The summed E-state index contributed by atoms with van der Waals surface area (Å²) in [6.07, 6.45) is 0.732. The number of aryl methyl sites for hydroxylation is 1. The van der Waals surface area contributed by atoms with Gasteiger partial charge in [0.2, 0.25) is 0 Å². The molecule has 3 aromatic rings. The van der Waals surface area contributed by atoms with Gasteiger partial charge in [-0.3, -0.25) is 0 Å². The summed E-state index contributed by atoms with van der Waals surface area (Å²) in [6, 6.07) is 16.2. The van der Waals surface area contributed by atoms with E-state index < -0.39 is 0 Å². The van der Waals surface area contributed by atoms with E-state index in [0.29, 0.717) is 5.58 Å². The Kier molecular flexibility index (Phi) is 3.85. The molecule has 0 unspecified atom stereocenters. The average molecular weight is 306 g/mol. The van der Waals surface area contributed by atoms with Gasteiger partial charge in [0.1, 0.15) is 5.58 Å². The van der Waals surface area contributed by atoms with Crippen molar-refractivity contribution in [2.45, 2.75) is 39.5 Å². The smallest absolute Gasteiger partial charge is 0.336 e. The molecule has 0 spiro atoms. The topological polar surface area (TPSA) is 30.2 Å². The minimum Gasteiger partial charge on any atom is -0.423 e. The van der Waals surface area contributed by atoms with Crippen molar-refractivity contribution in [3.63, 3.8) is 0 Å². The summed E-state index contributed by atoms with van der Waals surface area (Å²) < 4.78 is 5.30. The van der Waals surface area contributed by atoms with Gasteiger partial charge < -0.3 is 4.42 Å². The maximum absolute atomic E-state index is 11.8. The fraction of sp³-hybridized carbons (Fsp3) is 0.286. The molecule has 0 aliphatic rings. The second kappa shape index (κ2) is 5.69. The van der Waals surface area contributed by atoms with Crippen molar-refractivity contribution in [1.29, 1.82) is 0 Å².